The third-order valence-corrected chi connectivity index (χ3v) is 3.33. The van der Waals surface area contributed by atoms with Crippen LogP contribution >= 0.6 is 0 Å². The number of nitrogens with two attached hydrogens (primary N) is 1. The van der Waals surface area contributed by atoms with Crippen molar-refractivity contribution in [2.45, 2.75) is 13.3 Å². The van der Waals surface area contributed by atoms with Crippen molar-refractivity contribution >= 4 is 11.6 Å². The summed E-state index contributed by atoms with van der Waals surface area (Å²) < 4.78 is 0. The number of anilines is 1. The Bertz CT molecular complexity index is 596. The van der Waals surface area contributed by atoms with E-state index >= 15 is 0 Å². The van der Waals surface area contributed by atoms with Gasteiger partial charge >= 0.3 is 0 Å². The molecule has 1 amide bonds. The Kier molecular flexibility index (Phi) is 4.35. The smallest absolute Gasteiger partial charge is 0.255 e. The van der Waals surface area contributed by atoms with Gasteiger partial charge in [-0.1, -0.05) is 18.2 Å². The van der Waals surface area contributed by atoms with E-state index in [2.05, 4.69) is 4.98 Å². The van der Waals surface area contributed by atoms with Gasteiger partial charge in [-0.25, -0.2) is 0 Å². The first-order valence-corrected chi connectivity index (χ1v) is 6.60. The summed E-state index contributed by atoms with van der Waals surface area (Å²) in [7, 11) is 1.78. The Balaban J connectivity index is 2.04. The van der Waals surface area contributed by atoms with Gasteiger partial charge in [0.15, 0.2) is 0 Å². The summed E-state index contributed by atoms with van der Waals surface area (Å²) >= 11 is 0. The first-order valence-electron chi connectivity index (χ1n) is 6.60. The molecule has 2 N–H and O–H groups in total. The van der Waals surface area contributed by atoms with E-state index in [0.717, 1.165) is 17.7 Å². The fourth-order valence-corrected chi connectivity index (χ4v) is 2.00. The number of hydrogen-bond acceptors (Lipinski definition) is 3. The zero-order chi connectivity index (χ0) is 14.5. The standard InChI is InChI=1S/C16H19N3O/c1-12-6-5-8-14(15(12)17)16(20)19(2)11-9-13-7-3-4-10-18-13/h3-8,10H,9,11,17H2,1-2H3. The number of nitrogens with zero attached hydrogens (tertiary/aromatic N) is 2. The Hall–Kier alpha value is -2.36. The summed E-state index contributed by atoms with van der Waals surface area (Å²) in [6, 6.07) is 11.3. The molecule has 0 spiro atoms. The van der Waals surface area contributed by atoms with Gasteiger partial charge in [0, 0.05) is 37.6 Å². The third-order valence-electron chi connectivity index (χ3n) is 3.33. The van der Waals surface area contributed by atoms with E-state index in [-0.39, 0.29) is 5.91 Å². The largest absolute Gasteiger partial charge is 0.398 e. The molecule has 2 aromatic rings. The molecule has 2 rings (SSSR count). The maximum absolute atomic E-state index is 12.4. The van der Waals surface area contributed by atoms with Gasteiger partial charge in [-0.15, -0.1) is 0 Å². The van der Waals surface area contributed by atoms with E-state index in [0.29, 0.717) is 17.8 Å². The highest BCUT2D eigenvalue weighted by molar-refractivity contribution is 5.99. The predicted octanol–water partition coefficient (Wildman–Crippen LogP) is 2.29. The summed E-state index contributed by atoms with van der Waals surface area (Å²) in [5.41, 5.74) is 8.99. The van der Waals surface area contributed by atoms with Crippen molar-refractivity contribution < 1.29 is 4.79 Å². The van der Waals surface area contributed by atoms with Crippen molar-refractivity contribution in [1.82, 2.24) is 9.88 Å². The zero-order valence-corrected chi connectivity index (χ0v) is 11.8. The lowest BCUT2D eigenvalue weighted by Crippen LogP contribution is -2.29. The molecule has 0 saturated carbocycles. The van der Waals surface area contributed by atoms with E-state index in [4.69, 9.17) is 5.73 Å². The van der Waals surface area contributed by atoms with Crippen LogP contribution in [-0.2, 0) is 6.42 Å². The average Bonchev–Trinajstić information content (AvgIpc) is 2.48. The molecule has 0 radical (unpaired) electrons. The summed E-state index contributed by atoms with van der Waals surface area (Å²) in [5.74, 6) is -0.0536. The van der Waals surface area contributed by atoms with Crippen LogP contribution in [0.1, 0.15) is 21.6 Å². The number of hydrogen-bond donors (Lipinski definition) is 1. The van der Waals surface area contributed by atoms with Crippen LogP contribution in [0.5, 0.6) is 0 Å². The van der Waals surface area contributed by atoms with Gasteiger partial charge < -0.3 is 10.6 Å². The van der Waals surface area contributed by atoms with E-state index in [1.54, 1.807) is 24.2 Å². The molecule has 4 heteroatoms. The van der Waals surface area contributed by atoms with Crippen molar-refractivity contribution in [1.29, 1.82) is 0 Å². The molecule has 1 aromatic heterocycles. The van der Waals surface area contributed by atoms with Crippen LogP contribution < -0.4 is 5.73 Å². The number of aryl methyl sites for hydroxylation is 1. The second kappa shape index (κ2) is 6.19. The molecule has 0 saturated heterocycles. The van der Waals surface area contributed by atoms with E-state index in [9.17, 15) is 4.79 Å². The number of pyridine rings is 1. The third kappa shape index (κ3) is 3.15. The number of amides is 1. The monoisotopic (exact) mass is 269 g/mol. The van der Waals surface area contributed by atoms with E-state index in [1.165, 1.54) is 0 Å². The molecule has 20 heavy (non-hydrogen) atoms. The highest BCUT2D eigenvalue weighted by Gasteiger charge is 2.15. The zero-order valence-electron chi connectivity index (χ0n) is 11.8. The summed E-state index contributed by atoms with van der Waals surface area (Å²) in [4.78, 5) is 18.3. The van der Waals surface area contributed by atoms with Crippen LogP contribution in [0.4, 0.5) is 5.69 Å². The Morgan fingerprint density at radius 2 is 2.05 bits per heavy atom. The molecule has 1 aromatic carbocycles. The number of rotatable bonds is 4. The highest BCUT2D eigenvalue weighted by atomic mass is 16.2. The average molecular weight is 269 g/mol. The lowest BCUT2D eigenvalue weighted by Gasteiger charge is -2.18. The fourth-order valence-electron chi connectivity index (χ4n) is 2.00. The van der Waals surface area contributed by atoms with Gasteiger partial charge in [-0.2, -0.15) is 0 Å². The molecule has 0 aliphatic heterocycles. The molecule has 104 valence electrons. The normalized spacial score (nSPS) is 10.3. The number of nitrogen functional groups attached to an aromatic ring is 1. The lowest BCUT2D eigenvalue weighted by atomic mass is 10.1. The second-order valence-corrected chi connectivity index (χ2v) is 4.83. The Morgan fingerprint density at radius 1 is 1.25 bits per heavy atom. The highest BCUT2D eigenvalue weighted by Crippen LogP contribution is 2.18. The number of para-hydroxylation sites is 1. The van der Waals surface area contributed by atoms with Gasteiger partial charge in [-0.3, -0.25) is 9.78 Å². The summed E-state index contributed by atoms with van der Waals surface area (Å²) in [6.07, 6.45) is 2.49. The molecule has 0 unspecified atom stereocenters. The molecular formula is C16H19N3O. The van der Waals surface area contributed by atoms with Gasteiger partial charge in [-0.05, 0) is 30.7 Å². The first-order chi connectivity index (χ1) is 9.59. The maximum atomic E-state index is 12.4. The second-order valence-electron chi connectivity index (χ2n) is 4.83. The van der Waals surface area contributed by atoms with Crippen molar-refractivity contribution in [3.63, 3.8) is 0 Å². The van der Waals surface area contributed by atoms with Crippen molar-refractivity contribution in [3.8, 4) is 0 Å². The Labute approximate surface area is 119 Å². The van der Waals surface area contributed by atoms with E-state index in [1.807, 2.05) is 37.3 Å². The SMILES string of the molecule is Cc1cccc(C(=O)N(C)CCc2ccccn2)c1N. The van der Waals surface area contributed by atoms with Gasteiger partial charge in [0.05, 0.1) is 5.56 Å². The van der Waals surface area contributed by atoms with Gasteiger partial charge in [0.25, 0.3) is 5.91 Å². The van der Waals surface area contributed by atoms with Crippen LogP contribution in [-0.4, -0.2) is 29.4 Å². The number of benzene rings is 1. The van der Waals surface area contributed by atoms with Crippen LogP contribution in [0.15, 0.2) is 42.6 Å². The minimum absolute atomic E-state index is 0.0536. The van der Waals surface area contributed by atoms with Crippen LogP contribution in [0.25, 0.3) is 0 Å². The molecule has 4 nitrogen and oxygen atoms in total. The molecule has 0 aliphatic rings. The van der Waals surface area contributed by atoms with Gasteiger partial charge in [0.2, 0.25) is 0 Å². The van der Waals surface area contributed by atoms with Crippen LogP contribution in [0, 0.1) is 6.92 Å². The summed E-state index contributed by atoms with van der Waals surface area (Å²) in [6.45, 7) is 2.52. The predicted molar refractivity (Wildman–Crippen MR) is 80.5 cm³/mol. The lowest BCUT2D eigenvalue weighted by molar-refractivity contribution is 0.0797. The molecule has 0 atom stereocenters. The molecular weight excluding hydrogens is 250 g/mol. The minimum Gasteiger partial charge on any atom is -0.398 e. The molecule has 0 fully saturated rings. The molecule has 0 bridgehead atoms. The number of likely N-dealkylation sites (N-methyl/N-ethyl adjacent to an activating group) is 1. The van der Waals surface area contributed by atoms with E-state index < -0.39 is 0 Å². The molecule has 0 aliphatic carbocycles. The minimum atomic E-state index is -0.0536. The van der Waals surface area contributed by atoms with Crippen molar-refractivity contribution in [2.75, 3.05) is 19.3 Å². The Morgan fingerprint density at radius 3 is 2.75 bits per heavy atom. The van der Waals surface area contributed by atoms with Crippen LogP contribution in [0.2, 0.25) is 0 Å². The summed E-state index contributed by atoms with van der Waals surface area (Å²) in [5, 5.41) is 0. The van der Waals surface area contributed by atoms with Crippen molar-refractivity contribution in [2.24, 2.45) is 0 Å². The topological polar surface area (TPSA) is 59.2 Å². The maximum Gasteiger partial charge on any atom is 0.255 e. The first kappa shape index (κ1) is 14.1. The van der Waals surface area contributed by atoms with Gasteiger partial charge in [0.1, 0.15) is 0 Å². The fraction of sp³-hybridized carbons (Fsp3) is 0.250. The number of aromatic nitrogens is 1. The quantitative estimate of drug-likeness (QED) is 0.866. The van der Waals surface area contributed by atoms with Crippen molar-refractivity contribution in [3.05, 3.63) is 59.4 Å². The number of carbonyl (C=O) groups excluding carboxylic acids is 1. The number of carbonyl (C=O) groups is 1. The molecule has 1 heterocycles. The van der Waals surface area contributed by atoms with Crippen LogP contribution in [0.3, 0.4) is 0 Å².